The normalized spacial score (nSPS) is 11.5. The van der Waals surface area contributed by atoms with E-state index < -0.39 is 5.91 Å². The van der Waals surface area contributed by atoms with Gasteiger partial charge in [0.25, 0.3) is 0 Å². The first-order valence-corrected chi connectivity index (χ1v) is 8.79. The number of fused-ring (bicyclic) bond motifs is 2. The Hall–Kier alpha value is -3.18. The van der Waals surface area contributed by atoms with Gasteiger partial charge in [-0.3, -0.25) is 4.79 Å². The molecule has 4 rings (SSSR count). The Morgan fingerprint density at radius 3 is 2.81 bits per heavy atom. The molecule has 134 valence electrons. The van der Waals surface area contributed by atoms with E-state index in [1.54, 1.807) is 0 Å². The molecular formula is C21H16ClN3O2. The van der Waals surface area contributed by atoms with Crippen molar-refractivity contribution in [3.05, 3.63) is 76.1 Å². The van der Waals surface area contributed by atoms with Gasteiger partial charge in [-0.2, -0.15) is 5.10 Å². The maximum atomic E-state index is 12.4. The summed E-state index contributed by atoms with van der Waals surface area (Å²) in [5, 5.41) is 6.19. The van der Waals surface area contributed by atoms with Gasteiger partial charge in [0.15, 0.2) is 5.76 Å². The van der Waals surface area contributed by atoms with Crippen LogP contribution in [0.2, 0.25) is 5.15 Å². The SMILES string of the molecule is Cc1ccc2cc(/C=N\NC(=O)c3oc4ccccc4c3C)c(Cl)nc2c1. The minimum absolute atomic E-state index is 0.242. The van der Waals surface area contributed by atoms with Gasteiger partial charge in [0.05, 0.1) is 11.7 Å². The Kier molecular flexibility index (Phi) is 4.38. The third kappa shape index (κ3) is 3.29. The molecule has 0 saturated heterocycles. The molecular weight excluding hydrogens is 362 g/mol. The maximum absolute atomic E-state index is 12.4. The van der Waals surface area contributed by atoms with E-state index in [9.17, 15) is 4.79 Å². The summed E-state index contributed by atoms with van der Waals surface area (Å²) in [6.45, 7) is 3.84. The van der Waals surface area contributed by atoms with Gasteiger partial charge in [-0.25, -0.2) is 10.4 Å². The minimum atomic E-state index is -0.416. The van der Waals surface area contributed by atoms with E-state index in [1.165, 1.54) is 6.21 Å². The van der Waals surface area contributed by atoms with E-state index in [2.05, 4.69) is 15.5 Å². The summed E-state index contributed by atoms with van der Waals surface area (Å²) in [5.41, 5.74) is 6.48. The van der Waals surface area contributed by atoms with E-state index in [0.717, 1.165) is 27.4 Å². The second kappa shape index (κ2) is 6.85. The molecule has 27 heavy (non-hydrogen) atoms. The van der Waals surface area contributed by atoms with Crippen LogP contribution >= 0.6 is 11.6 Å². The zero-order valence-electron chi connectivity index (χ0n) is 14.8. The Balaban J connectivity index is 1.57. The predicted octanol–water partition coefficient (Wildman–Crippen LogP) is 5.02. The lowest BCUT2D eigenvalue weighted by Gasteiger charge is -2.03. The average molecular weight is 378 g/mol. The number of carbonyl (C=O) groups is 1. The summed E-state index contributed by atoms with van der Waals surface area (Å²) in [7, 11) is 0. The Labute approximate surface area is 160 Å². The minimum Gasteiger partial charge on any atom is -0.451 e. The van der Waals surface area contributed by atoms with Gasteiger partial charge in [-0.1, -0.05) is 41.9 Å². The fourth-order valence-corrected chi connectivity index (χ4v) is 3.16. The van der Waals surface area contributed by atoms with Crippen LogP contribution < -0.4 is 5.43 Å². The Morgan fingerprint density at radius 1 is 1.19 bits per heavy atom. The molecule has 0 unspecified atom stereocenters. The monoisotopic (exact) mass is 377 g/mol. The van der Waals surface area contributed by atoms with Gasteiger partial charge >= 0.3 is 5.91 Å². The van der Waals surface area contributed by atoms with Gasteiger partial charge < -0.3 is 4.42 Å². The summed E-state index contributed by atoms with van der Waals surface area (Å²) in [6, 6.07) is 15.3. The number of aromatic nitrogens is 1. The number of hydrazone groups is 1. The number of benzene rings is 2. The first-order chi connectivity index (χ1) is 13.0. The number of hydrogen-bond donors (Lipinski definition) is 1. The van der Waals surface area contributed by atoms with Crippen molar-refractivity contribution < 1.29 is 9.21 Å². The van der Waals surface area contributed by atoms with Gasteiger partial charge in [0, 0.05) is 21.9 Å². The van der Waals surface area contributed by atoms with E-state index in [1.807, 2.05) is 62.4 Å². The van der Waals surface area contributed by atoms with E-state index in [0.29, 0.717) is 16.3 Å². The molecule has 0 spiro atoms. The van der Waals surface area contributed by atoms with Crippen molar-refractivity contribution in [2.45, 2.75) is 13.8 Å². The quantitative estimate of drug-likeness (QED) is 0.310. The summed E-state index contributed by atoms with van der Waals surface area (Å²) in [4.78, 5) is 16.8. The molecule has 1 amide bonds. The topological polar surface area (TPSA) is 67.5 Å². The molecule has 0 bridgehead atoms. The number of pyridine rings is 1. The fraction of sp³-hybridized carbons (Fsp3) is 0.0952. The number of nitrogens with zero attached hydrogens (tertiary/aromatic N) is 2. The molecule has 0 saturated carbocycles. The van der Waals surface area contributed by atoms with Crippen LogP contribution in [0.5, 0.6) is 0 Å². The molecule has 0 aliphatic rings. The van der Waals surface area contributed by atoms with Gasteiger partial charge in [-0.15, -0.1) is 0 Å². The molecule has 0 atom stereocenters. The molecule has 2 aromatic carbocycles. The van der Waals surface area contributed by atoms with E-state index in [4.69, 9.17) is 16.0 Å². The second-order valence-electron chi connectivity index (χ2n) is 6.32. The molecule has 0 radical (unpaired) electrons. The number of aryl methyl sites for hydroxylation is 2. The third-order valence-corrected chi connectivity index (χ3v) is 4.68. The largest absolute Gasteiger partial charge is 0.451 e. The van der Waals surface area contributed by atoms with Crippen LogP contribution in [0.1, 0.15) is 27.2 Å². The lowest BCUT2D eigenvalue weighted by atomic mass is 10.1. The highest BCUT2D eigenvalue weighted by atomic mass is 35.5. The number of rotatable bonds is 3. The molecule has 6 heteroatoms. The number of halogens is 1. The predicted molar refractivity (Wildman–Crippen MR) is 108 cm³/mol. The van der Waals surface area contributed by atoms with Crippen molar-refractivity contribution in [1.82, 2.24) is 10.4 Å². The van der Waals surface area contributed by atoms with Crippen LogP contribution in [0.4, 0.5) is 0 Å². The van der Waals surface area contributed by atoms with Crippen LogP contribution in [-0.4, -0.2) is 17.1 Å². The third-order valence-electron chi connectivity index (χ3n) is 4.37. The molecule has 0 fully saturated rings. The molecule has 5 nitrogen and oxygen atoms in total. The highest BCUT2D eigenvalue weighted by molar-refractivity contribution is 6.32. The first kappa shape index (κ1) is 17.2. The van der Waals surface area contributed by atoms with E-state index in [-0.39, 0.29) is 5.76 Å². The Bertz CT molecular complexity index is 1210. The van der Waals surface area contributed by atoms with Crippen molar-refractivity contribution >= 4 is 45.6 Å². The molecule has 2 aromatic heterocycles. The summed E-state index contributed by atoms with van der Waals surface area (Å²) in [5.74, 6) is -0.174. The van der Waals surface area contributed by atoms with Crippen molar-refractivity contribution in [3.63, 3.8) is 0 Å². The van der Waals surface area contributed by atoms with Crippen LogP contribution in [0.15, 0.2) is 58.0 Å². The summed E-state index contributed by atoms with van der Waals surface area (Å²) >= 11 is 6.23. The maximum Gasteiger partial charge on any atom is 0.307 e. The highest BCUT2D eigenvalue weighted by Crippen LogP contribution is 2.25. The number of amides is 1. The lowest BCUT2D eigenvalue weighted by Crippen LogP contribution is -2.17. The van der Waals surface area contributed by atoms with Crippen LogP contribution in [0, 0.1) is 13.8 Å². The van der Waals surface area contributed by atoms with Crippen molar-refractivity contribution in [1.29, 1.82) is 0 Å². The first-order valence-electron chi connectivity index (χ1n) is 8.41. The van der Waals surface area contributed by atoms with Gasteiger partial charge in [0.2, 0.25) is 0 Å². The van der Waals surface area contributed by atoms with Crippen molar-refractivity contribution in [2.24, 2.45) is 5.10 Å². The van der Waals surface area contributed by atoms with Crippen molar-refractivity contribution in [3.8, 4) is 0 Å². The van der Waals surface area contributed by atoms with Crippen molar-refractivity contribution in [2.75, 3.05) is 0 Å². The lowest BCUT2D eigenvalue weighted by molar-refractivity contribution is 0.0929. The van der Waals surface area contributed by atoms with Gasteiger partial charge in [0.1, 0.15) is 10.7 Å². The number of hydrogen-bond acceptors (Lipinski definition) is 4. The molecule has 0 aliphatic carbocycles. The second-order valence-corrected chi connectivity index (χ2v) is 6.67. The zero-order valence-corrected chi connectivity index (χ0v) is 15.5. The number of nitrogens with one attached hydrogen (secondary N) is 1. The number of furan rings is 1. The Morgan fingerprint density at radius 2 is 2.00 bits per heavy atom. The van der Waals surface area contributed by atoms with Crippen LogP contribution in [0.25, 0.3) is 21.9 Å². The molecule has 4 aromatic rings. The number of para-hydroxylation sites is 1. The molecule has 0 aliphatic heterocycles. The van der Waals surface area contributed by atoms with Crippen LogP contribution in [0.3, 0.4) is 0 Å². The van der Waals surface area contributed by atoms with E-state index >= 15 is 0 Å². The van der Waals surface area contributed by atoms with Crippen LogP contribution in [-0.2, 0) is 0 Å². The standard InChI is InChI=1S/C21H16ClN3O2/c1-12-7-8-14-10-15(20(22)24-17(14)9-12)11-23-25-21(26)19-13(2)16-5-3-4-6-18(16)27-19/h3-11H,1-2H3,(H,25,26)/b23-11-. The summed E-state index contributed by atoms with van der Waals surface area (Å²) < 4.78 is 5.63. The average Bonchev–Trinajstić information content (AvgIpc) is 2.99. The fourth-order valence-electron chi connectivity index (χ4n) is 2.96. The smallest absolute Gasteiger partial charge is 0.307 e. The molecule has 2 heterocycles. The van der Waals surface area contributed by atoms with Gasteiger partial charge in [-0.05, 0) is 37.6 Å². The molecule has 1 N–H and O–H groups in total. The summed E-state index contributed by atoms with van der Waals surface area (Å²) in [6.07, 6.45) is 1.48. The zero-order chi connectivity index (χ0) is 19.0. The highest BCUT2D eigenvalue weighted by Gasteiger charge is 2.16. The number of carbonyl (C=O) groups excluding carboxylic acids is 1.